The number of para-hydroxylation sites is 1. The second-order valence-electron chi connectivity index (χ2n) is 8.64. The normalized spacial score (nSPS) is 12.6. The summed E-state index contributed by atoms with van der Waals surface area (Å²) in [6, 6.07) is 17.3. The van der Waals surface area contributed by atoms with E-state index in [4.69, 9.17) is 14.2 Å². The van der Waals surface area contributed by atoms with Crippen LogP contribution in [-0.4, -0.2) is 27.2 Å². The summed E-state index contributed by atoms with van der Waals surface area (Å²) < 4.78 is 17.6. The van der Waals surface area contributed by atoms with Gasteiger partial charge < -0.3 is 14.2 Å². The van der Waals surface area contributed by atoms with Crippen LogP contribution in [0.1, 0.15) is 28.9 Å². The van der Waals surface area contributed by atoms with Crippen molar-refractivity contribution in [2.24, 2.45) is 0 Å². The van der Waals surface area contributed by atoms with Gasteiger partial charge in [-0.25, -0.2) is 4.98 Å². The molecule has 3 aromatic carbocycles. The number of carbonyl (C=O) groups is 1. The van der Waals surface area contributed by atoms with Crippen LogP contribution in [0.4, 0.5) is 5.69 Å². The highest BCUT2D eigenvalue weighted by molar-refractivity contribution is 5.78. The Morgan fingerprint density at radius 1 is 1.16 bits per heavy atom. The Morgan fingerprint density at radius 3 is 2.73 bits per heavy atom. The van der Waals surface area contributed by atoms with Crippen molar-refractivity contribution >= 4 is 22.6 Å². The molecule has 0 radical (unpaired) electrons. The Hall–Kier alpha value is -4.57. The number of non-ortho nitro benzene ring substituents is 1. The van der Waals surface area contributed by atoms with E-state index in [1.165, 1.54) is 16.7 Å². The van der Waals surface area contributed by atoms with Crippen LogP contribution >= 0.6 is 0 Å². The predicted molar refractivity (Wildman–Crippen MR) is 134 cm³/mol. The Balaban J connectivity index is 1.37. The van der Waals surface area contributed by atoms with Crippen molar-refractivity contribution in [2.45, 2.75) is 33.0 Å². The van der Waals surface area contributed by atoms with E-state index in [0.29, 0.717) is 39.3 Å². The van der Waals surface area contributed by atoms with E-state index in [-0.39, 0.29) is 44.1 Å². The van der Waals surface area contributed by atoms with Crippen molar-refractivity contribution in [3.05, 3.63) is 104 Å². The standard InChI is InChI=1S/C27H23N3O7/c1-17-6-8-20(9-7-17)29-24(28-23-5-3-2-4-22(23)27(29)32)10-11-25(31)36-15-19-13-21(30(33)34)12-18-14-35-16-37-26(18)19/h2-9,12-13H,10-11,14-16H2,1H3. The number of aryl methyl sites for hydroxylation is 2. The van der Waals surface area contributed by atoms with Crippen LogP contribution < -0.4 is 10.3 Å². The van der Waals surface area contributed by atoms with Crippen LogP contribution in [0, 0.1) is 17.0 Å². The highest BCUT2D eigenvalue weighted by Crippen LogP contribution is 2.33. The molecule has 5 rings (SSSR count). The summed E-state index contributed by atoms with van der Waals surface area (Å²) >= 11 is 0. The number of benzene rings is 3. The maximum Gasteiger partial charge on any atom is 0.306 e. The third-order valence-corrected chi connectivity index (χ3v) is 6.06. The summed E-state index contributed by atoms with van der Waals surface area (Å²) in [6.45, 7) is 1.94. The molecule has 0 amide bonds. The Kier molecular flexibility index (Phi) is 6.65. The lowest BCUT2D eigenvalue weighted by molar-refractivity contribution is -0.385. The molecule has 0 bridgehead atoms. The molecule has 4 aromatic rings. The van der Waals surface area contributed by atoms with Crippen molar-refractivity contribution in [3.8, 4) is 11.4 Å². The van der Waals surface area contributed by atoms with Crippen molar-refractivity contribution in [1.29, 1.82) is 0 Å². The molecular weight excluding hydrogens is 478 g/mol. The molecule has 1 aliphatic heterocycles. The van der Waals surface area contributed by atoms with Crippen molar-refractivity contribution in [3.63, 3.8) is 0 Å². The number of aromatic nitrogens is 2. The van der Waals surface area contributed by atoms with Crippen molar-refractivity contribution < 1.29 is 23.9 Å². The van der Waals surface area contributed by atoms with Gasteiger partial charge in [0.1, 0.15) is 18.2 Å². The van der Waals surface area contributed by atoms with Crippen molar-refractivity contribution in [2.75, 3.05) is 6.79 Å². The number of rotatable bonds is 7. The lowest BCUT2D eigenvalue weighted by Gasteiger charge is -2.20. The van der Waals surface area contributed by atoms with Gasteiger partial charge in [-0.05, 0) is 31.2 Å². The summed E-state index contributed by atoms with van der Waals surface area (Å²) in [4.78, 5) is 41.5. The first kappa shape index (κ1) is 24.1. The maximum absolute atomic E-state index is 13.3. The van der Waals surface area contributed by atoms with Gasteiger partial charge in [-0.1, -0.05) is 29.8 Å². The van der Waals surface area contributed by atoms with E-state index in [1.807, 2.05) is 31.2 Å². The molecule has 0 N–H and O–H groups in total. The first-order valence-electron chi connectivity index (χ1n) is 11.6. The first-order valence-corrected chi connectivity index (χ1v) is 11.6. The number of ether oxygens (including phenoxy) is 3. The zero-order valence-corrected chi connectivity index (χ0v) is 20.0. The Labute approximate surface area is 211 Å². The number of nitro benzene ring substituents is 1. The topological polar surface area (TPSA) is 123 Å². The highest BCUT2D eigenvalue weighted by atomic mass is 16.7. The summed E-state index contributed by atoms with van der Waals surface area (Å²) in [6.07, 6.45) is 0.113. The number of nitrogens with zero attached hydrogens (tertiary/aromatic N) is 3. The van der Waals surface area contributed by atoms with Crippen LogP contribution in [0.25, 0.3) is 16.6 Å². The van der Waals surface area contributed by atoms with Gasteiger partial charge in [0.15, 0.2) is 6.79 Å². The molecule has 10 heteroatoms. The second-order valence-corrected chi connectivity index (χ2v) is 8.64. The highest BCUT2D eigenvalue weighted by Gasteiger charge is 2.22. The minimum Gasteiger partial charge on any atom is -0.467 e. The molecule has 0 fully saturated rings. The predicted octanol–water partition coefficient (Wildman–Crippen LogP) is 4.14. The van der Waals surface area contributed by atoms with Crippen LogP contribution in [0.3, 0.4) is 0 Å². The van der Waals surface area contributed by atoms with Crippen molar-refractivity contribution in [1.82, 2.24) is 9.55 Å². The Bertz CT molecular complexity index is 1560. The summed E-state index contributed by atoms with van der Waals surface area (Å²) in [5.74, 6) is 0.317. The van der Waals surface area contributed by atoms with Gasteiger partial charge in [0, 0.05) is 29.7 Å². The number of esters is 1. The van der Waals surface area contributed by atoms with Crippen LogP contribution in [0.2, 0.25) is 0 Å². The number of hydrogen-bond acceptors (Lipinski definition) is 8. The molecule has 0 atom stereocenters. The van der Waals surface area contributed by atoms with Gasteiger partial charge in [-0.15, -0.1) is 0 Å². The number of hydrogen-bond donors (Lipinski definition) is 0. The van der Waals surface area contributed by atoms with Gasteiger partial charge in [0.25, 0.3) is 11.2 Å². The van der Waals surface area contributed by atoms with E-state index in [1.54, 1.807) is 24.3 Å². The average Bonchev–Trinajstić information content (AvgIpc) is 2.91. The first-order chi connectivity index (χ1) is 17.9. The van der Waals surface area contributed by atoms with Crippen LogP contribution in [-0.2, 0) is 33.9 Å². The summed E-state index contributed by atoms with van der Waals surface area (Å²) in [7, 11) is 0. The molecule has 0 saturated heterocycles. The molecule has 1 aromatic heterocycles. The summed E-state index contributed by atoms with van der Waals surface area (Å²) in [5.41, 5.74) is 2.80. The SMILES string of the molecule is Cc1ccc(-n2c(CCC(=O)OCc3cc([N+](=O)[O-])cc4c3OCOC4)nc3ccccc3c2=O)cc1. The van der Waals surface area contributed by atoms with Gasteiger partial charge in [-0.2, -0.15) is 0 Å². The van der Waals surface area contributed by atoms with Gasteiger partial charge in [0.05, 0.1) is 34.5 Å². The monoisotopic (exact) mass is 501 g/mol. The third-order valence-electron chi connectivity index (χ3n) is 6.06. The molecule has 1 aliphatic rings. The number of nitro groups is 1. The van der Waals surface area contributed by atoms with Crippen LogP contribution in [0.5, 0.6) is 5.75 Å². The third kappa shape index (κ3) is 5.05. The lowest BCUT2D eigenvalue weighted by atomic mass is 10.1. The Morgan fingerprint density at radius 2 is 1.95 bits per heavy atom. The van der Waals surface area contributed by atoms with E-state index in [0.717, 1.165) is 5.56 Å². The fraction of sp³-hybridized carbons (Fsp3) is 0.222. The number of fused-ring (bicyclic) bond motifs is 2. The fourth-order valence-corrected chi connectivity index (χ4v) is 4.24. The zero-order valence-electron chi connectivity index (χ0n) is 20.0. The molecule has 188 valence electrons. The lowest BCUT2D eigenvalue weighted by Crippen LogP contribution is -2.24. The molecule has 37 heavy (non-hydrogen) atoms. The quantitative estimate of drug-likeness (QED) is 0.210. The van der Waals surface area contributed by atoms with E-state index in [2.05, 4.69) is 4.98 Å². The largest absolute Gasteiger partial charge is 0.467 e. The minimum atomic E-state index is -0.537. The molecule has 0 aliphatic carbocycles. The van der Waals surface area contributed by atoms with Gasteiger partial charge in [0.2, 0.25) is 0 Å². The van der Waals surface area contributed by atoms with Crippen LogP contribution in [0.15, 0.2) is 65.5 Å². The molecule has 10 nitrogen and oxygen atoms in total. The molecule has 2 heterocycles. The zero-order chi connectivity index (χ0) is 25.9. The maximum atomic E-state index is 13.3. The number of carbonyl (C=O) groups excluding carboxylic acids is 1. The molecule has 0 unspecified atom stereocenters. The molecule has 0 saturated carbocycles. The fourth-order valence-electron chi connectivity index (χ4n) is 4.24. The second kappa shape index (κ2) is 10.2. The van der Waals surface area contributed by atoms with E-state index >= 15 is 0 Å². The van der Waals surface area contributed by atoms with E-state index in [9.17, 15) is 19.7 Å². The van der Waals surface area contributed by atoms with Gasteiger partial charge in [-0.3, -0.25) is 24.3 Å². The molecular formula is C27H23N3O7. The average molecular weight is 501 g/mol. The van der Waals surface area contributed by atoms with Gasteiger partial charge >= 0.3 is 5.97 Å². The smallest absolute Gasteiger partial charge is 0.306 e. The van der Waals surface area contributed by atoms with E-state index < -0.39 is 10.9 Å². The summed E-state index contributed by atoms with van der Waals surface area (Å²) in [5, 5.41) is 11.8. The molecule has 0 spiro atoms. The minimum absolute atomic E-state index is 0.00985.